The highest BCUT2D eigenvalue weighted by Gasteiger charge is 2.24. The van der Waals surface area contributed by atoms with E-state index in [9.17, 15) is 0 Å². The van der Waals surface area contributed by atoms with Gasteiger partial charge in [0.2, 0.25) is 0 Å². The third-order valence-corrected chi connectivity index (χ3v) is 5.27. The van der Waals surface area contributed by atoms with E-state index in [1.54, 1.807) is 0 Å². The van der Waals surface area contributed by atoms with Crippen LogP contribution in [0.1, 0.15) is 39.0 Å². The number of thioether (sulfide) groups is 1. The molecule has 1 nitrogen and oxygen atoms in total. The van der Waals surface area contributed by atoms with E-state index in [2.05, 4.69) is 42.6 Å². The summed E-state index contributed by atoms with van der Waals surface area (Å²) >= 11 is 2.02. The van der Waals surface area contributed by atoms with Crippen molar-refractivity contribution < 1.29 is 0 Å². The molecule has 0 radical (unpaired) electrons. The molecule has 0 spiro atoms. The zero-order valence-electron chi connectivity index (χ0n) is 12.1. The van der Waals surface area contributed by atoms with Gasteiger partial charge in [-0.15, -0.1) is 11.8 Å². The zero-order chi connectivity index (χ0) is 13.3. The van der Waals surface area contributed by atoms with Crippen LogP contribution < -0.4 is 5.32 Å². The monoisotopic (exact) mass is 277 g/mol. The van der Waals surface area contributed by atoms with Crippen molar-refractivity contribution >= 4 is 11.8 Å². The molecule has 1 N–H and O–H groups in total. The summed E-state index contributed by atoms with van der Waals surface area (Å²) in [5, 5.41) is 3.55. The molecule has 1 saturated carbocycles. The first-order chi connectivity index (χ1) is 9.40. The molecular formula is C17H27NS. The second-order valence-corrected chi connectivity index (χ2v) is 6.73. The molecule has 106 valence electrons. The number of nitrogens with one attached hydrogen (secondary N) is 1. The molecule has 2 rings (SSSR count). The molecule has 1 aliphatic rings. The van der Waals surface area contributed by atoms with Crippen molar-refractivity contribution in [2.75, 3.05) is 18.8 Å². The van der Waals surface area contributed by atoms with Crippen molar-refractivity contribution in [1.82, 2.24) is 5.32 Å². The van der Waals surface area contributed by atoms with E-state index in [0.29, 0.717) is 0 Å². The van der Waals surface area contributed by atoms with Gasteiger partial charge in [0.15, 0.2) is 0 Å². The molecule has 0 amide bonds. The molecular weight excluding hydrogens is 250 g/mol. The van der Waals surface area contributed by atoms with Crippen LogP contribution in [0.5, 0.6) is 0 Å². The van der Waals surface area contributed by atoms with E-state index in [1.807, 2.05) is 11.8 Å². The van der Waals surface area contributed by atoms with Crippen LogP contribution in [-0.4, -0.2) is 18.8 Å². The summed E-state index contributed by atoms with van der Waals surface area (Å²) in [7, 11) is 0. The first kappa shape index (κ1) is 14.9. The molecule has 1 aliphatic carbocycles. The minimum atomic E-state index is 0.921. The molecule has 1 fully saturated rings. The van der Waals surface area contributed by atoms with Crippen molar-refractivity contribution in [2.45, 2.75) is 43.9 Å². The molecule has 0 saturated heterocycles. The molecule has 1 aromatic rings. The highest BCUT2D eigenvalue weighted by atomic mass is 32.2. The van der Waals surface area contributed by atoms with Crippen molar-refractivity contribution in [3.8, 4) is 0 Å². The summed E-state index contributed by atoms with van der Waals surface area (Å²) in [6.45, 7) is 4.56. The average Bonchev–Trinajstić information content (AvgIpc) is 2.47. The third kappa shape index (κ3) is 5.19. The zero-order valence-corrected chi connectivity index (χ0v) is 12.9. The summed E-state index contributed by atoms with van der Waals surface area (Å²) in [6.07, 6.45) is 7.16. The van der Waals surface area contributed by atoms with Crippen LogP contribution in [-0.2, 0) is 0 Å². The van der Waals surface area contributed by atoms with Gasteiger partial charge >= 0.3 is 0 Å². The molecule has 0 bridgehead atoms. The Balaban J connectivity index is 1.73. The van der Waals surface area contributed by atoms with Gasteiger partial charge in [0.05, 0.1) is 0 Å². The molecule has 1 aromatic carbocycles. The predicted octanol–water partition coefficient (Wildman–Crippen LogP) is 4.58. The molecule has 19 heavy (non-hydrogen) atoms. The Hall–Kier alpha value is -0.470. The largest absolute Gasteiger partial charge is 0.317 e. The van der Waals surface area contributed by atoms with E-state index in [0.717, 1.165) is 18.4 Å². The van der Waals surface area contributed by atoms with Crippen LogP contribution in [0.4, 0.5) is 0 Å². The highest BCUT2D eigenvalue weighted by Crippen LogP contribution is 2.33. The maximum atomic E-state index is 3.55. The Labute approximate surface area is 122 Å². The highest BCUT2D eigenvalue weighted by molar-refractivity contribution is 7.99. The Bertz CT molecular complexity index is 338. The smallest absolute Gasteiger partial charge is 0.00719 e. The van der Waals surface area contributed by atoms with Gasteiger partial charge in [0.1, 0.15) is 0 Å². The average molecular weight is 277 g/mol. The molecule has 2 unspecified atom stereocenters. The van der Waals surface area contributed by atoms with Gasteiger partial charge in [0, 0.05) is 4.90 Å². The van der Waals surface area contributed by atoms with Gasteiger partial charge < -0.3 is 5.32 Å². The van der Waals surface area contributed by atoms with E-state index in [4.69, 9.17) is 0 Å². The first-order valence-corrected chi connectivity index (χ1v) is 8.77. The van der Waals surface area contributed by atoms with Crippen LogP contribution in [0.25, 0.3) is 0 Å². The fraction of sp³-hybridized carbons (Fsp3) is 0.647. The lowest BCUT2D eigenvalue weighted by molar-refractivity contribution is 0.226. The molecule has 0 aromatic heterocycles. The fourth-order valence-electron chi connectivity index (χ4n) is 3.11. The van der Waals surface area contributed by atoms with E-state index < -0.39 is 0 Å². The second-order valence-electron chi connectivity index (χ2n) is 5.56. The SMILES string of the molecule is CCNCC1CCCCC1CCSc1ccccc1. The van der Waals surface area contributed by atoms with Crippen molar-refractivity contribution in [2.24, 2.45) is 11.8 Å². The van der Waals surface area contributed by atoms with E-state index >= 15 is 0 Å². The summed E-state index contributed by atoms with van der Waals surface area (Å²) in [6, 6.07) is 10.8. The summed E-state index contributed by atoms with van der Waals surface area (Å²) < 4.78 is 0. The van der Waals surface area contributed by atoms with E-state index in [1.165, 1.54) is 49.3 Å². The van der Waals surface area contributed by atoms with Gasteiger partial charge in [-0.3, -0.25) is 0 Å². The number of hydrogen-bond donors (Lipinski definition) is 1. The summed E-state index contributed by atoms with van der Waals surface area (Å²) in [5.74, 6) is 3.14. The molecule has 2 atom stereocenters. The van der Waals surface area contributed by atoms with Crippen LogP contribution in [0.3, 0.4) is 0 Å². The maximum Gasteiger partial charge on any atom is 0.00719 e. The quantitative estimate of drug-likeness (QED) is 0.732. The van der Waals surface area contributed by atoms with Crippen molar-refractivity contribution in [3.05, 3.63) is 30.3 Å². The number of rotatable bonds is 7. The normalized spacial score (nSPS) is 23.4. The summed E-state index contributed by atoms with van der Waals surface area (Å²) in [5.41, 5.74) is 0. The minimum Gasteiger partial charge on any atom is -0.317 e. The Morgan fingerprint density at radius 1 is 1.11 bits per heavy atom. The van der Waals surface area contributed by atoms with Crippen LogP contribution in [0.2, 0.25) is 0 Å². The van der Waals surface area contributed by atoms with Gasteiger partial charge in [-0.1, -0.05) is 44.4 Å². The minimum absolute atomic E-state index is 0.921. The van der Waals surface area contributed by atoms with Gasteiger partial charge in [-0.2, -0.15) is 0 Å². The topological polar surface area (TPSA) is 12.0 Å². The standard InChI is InChI=1S/C17H27NS/c1-2-18-14-16-9-7-6-8-15(16)12-13-19-17-10-4-3-5-11-17/h3-5,10-11,15-16,18H,2,6-9,12-14H2,1H3. The van der Waals surface area contributed by atoms with Crippen LogP contribution in [0.15, 0.2) is 35.2 Å². The first-order valence-electron chi connectivity index (χ1n) is 7.78. The van der Waals surface area contributed by atoms with Crippen molar-refractivity contribution in [3.63, 3.8) is 0 Å². The fourth-order valence-corrected chi connectivity index (χ4v) is 4.11. The number of hydrogen-bond acceptors (Lipinski definition) is 2. The van der Waals surface area contributed by atoms with Crippen LogP contribution >= 0.6 is 11.8 Å². The Morgan fingerprint density at radius 3 is 2.58 bits per heavy atom. The lowest BCUT2D eigenvalue weighted by Crippen LogP contribution is -2.30. The number of benzene rings is 1. The summed E-state index contributed by atoms with van der Waals surface area (Å²) in [4.78, 5) is 1.42. The van der Waals surface area contributed by atoms with E-state index in [-0.39, 0.29) is 0 Å². The molecule has 0 heterocycles. The third-order valence-electron chi connectivity index (χ3n) is 4.22. The van der Waals surface area contributed by atoms with Gasteiger partial charge in [-0.25, -0.2) is 0 Å². The van der Waals surface area contributed by atoms with Crippen LogP contribution in [0, 0.1) is 11.8 Å². The van der Waals surface area contributed by atoms with Gasteiger partial charge in [0.25, 0.3) is 0 Å². The Morgan fingerprint density at radius 2 is 1.84 bits per heavy atom. The Kier molecular flexibility index (Phi) is 6.80. The lowest BCUT2D eigenvalue weighted by atomic mass is 9.78. The molecule has 0 aliphatic heterocycles. The lowest BCUT2D eigenvalue weighted by Gasteiger charge is -2.31. The predicted molar refractivity (Wildman–Crippen MR) is 85.8 cm³/mol. The van der Waals surface area contributed by atoms with Gasteiger partial charge in [-0.05, 0) is 55.7 Å². The van der Waals surface area contributed by atoms with Crippen molar-refractivity contribution in [1.29, 1.82) is 0 Å². The second kappa shape index (κ2) is 8.65. The maximum absolute atomic E-state index is 3.55. The molecule has 2 heteroatoms.